The van der Waals surface area contributed by atoms with Gasteiger partial charge in [-0.15, -0.1) is 0 Å². The molecule has 1 rings (SSSR count). The van der Waals surface area contributed by atoms with Gasteiger partial charge in [0.1, 0.15) is 0 Å². The minimum atomic E-state index is -2.05. The van der Waals surface area contributed by atoms with Crippen molar-refractivity contribution >= 4 is 14.4 Å². The number of amides is 1. The average molecular weight is 314 g/mol. The Bertz CT molecular complexity index is 430. The highest BCUT2D eigenvalue weighted by molar-refractivity contribution is 6.74. The SMILES string of the molecule is CC(C)(C)[Si](C)(C)OC1CN(C(=O)O)CCCC1N=[N+]=[N-]. The normalized spacial score (nSPS) is 24.1. The smallest absolute Gasteiger partial charge is 0.407 e. The number of hydrogen-bond acceptors (Lipinski definition) is 3. The largest absolute Gasteiger partial charge is 0.465 e. The molecule has 1 heterocycles. The van der Waals surface area contributed by atoms with Crippen LogP contribution in [-0.2, 0) is 4.43 Å². The molecule has 8 heteroatoms. The summed E-state index contributed by atoms with van der Waals surface area (Å²) in [7, 11) is -2.05. The molecule has 0 aromatic heterocycles. The fraction of sp³-hybridized carbons (Fsp3) is 0.923. The first kappa shape index (κ1) is 17.8. The van der Waals surface area contributed by atoms with Crippen LogP contribution in [0.3, 0.4) is 0 Å². The summed E-state index contributed by atoms with van der Waals surface area (Å²) >= 11 is 0. The van der Waals surface area contributed by atoms with Gasteiger partial charge in [-0.1, -0.05) is 25.9 Å². The standard InChI is InChI=1S/C13H26N4O3Si/c1-13(2,3)21(4,5)20-11-9-17(12(18)19)8-6-7-10(11)15-16-14/h10-11H,6-9H2,1-5H3,(H,18,19). The predicted octanol–water partition coefficient (Wildman–Crippen LogP) is 3.83. The van der Waals surface area contributed by atoms with Gasteiger partial charge < -0.3 is 14.4 Å². The minimum absolute atomic E-state index is 0.0221. The van der Waals surface area contributed by atoms with Crippen LogP contribution in [0.5, 0.6) is 0 Å². The van der Waals surface area contributed by atoms with Crippen LogP contribution >= 0.6 is 0 Å². The maximum atomic E-state index is 11.3. The summed E-state index contributed by atoms with van der Waals surface area (Å²) < 4.78 is 6.34. The zero-order chi connectivity index (χ0) is 16.3. The van der Waals surface area contributed by atoms with Crippen molar-refractivity contribution in [2.45, 2.75) is 63.9 Å². The van der Waals surface area contributed by atoms with Crippen molar-refractivity contribution in [1.29, 1.82) is 0 Å². The van der Waals surface area contributed by atoms with E-state index in [0.717, 1.165) is 0 Å². The van der Waals surface area contributed by atoms with E-state index in [0.29, 0.717) is 19.4 Å². The maximum Gasteiger partial charge on any atom is 0.407 e. The lowest BCUT2D eigenvalue weighted by Crippen LogP contribution is -2.50. The molecule has 1 N–H and O–H groups in total. The molecule has 0 radical (unpaired) electrons. The summed E-state index contributed by atoms with van der Waals surface area (Å²) in [5.74, 6) is 0. The van der Waals surface area contributed by atoms with Gasteiger partial charge >= 0.3 is 6.09 Å². The van der Waals surface area contributed by atoms with Crippen LogP contribution in [0.1, 0.15) is 33.6 Å². The molecule has 0 aromatic rings. The van der Waals surface area contributed by atoms with Gasteiger partial charge in [-0.25, -0.2) is 4.79 Å². The van der Waals surface area contributed by atoms with E-state index in [1.807, 2.05) is 0 Å². The fourth-order valence-corrected chi connectivity index (χ4v) is 3.49. The molecule has 1 aliphatic heterocycles. The highest BCUT2D eigenvalue weighted by Crippen LogP contribution is 2.38. The Hall–Kier alpha value is -1.24. The zero-order valence-corrected chi connectivity index (χ0v) is 14.5. The summed E-state index contributed by atoms with van der Waals surface area (Å²) in [4.78, 5) is 15.5. The second-order valence-electron chi connectivity index (χ2n) is 7.06. The predicted molar refractivity (Wildman–Crippen MR) is 83.8 cm³/mol. The van der Waals surface area contributed by atoms with Gasteiger partial charge in [-0.2, -0.15) is 0 Å². The molecule has 1 aliphatic rings. The number of nitrogens with zero attached hydrogens (tertiary/aromatic N) is 4. The van der Waals surface area contributed by atoms with Crippen molar-refractivity contribution in [2.24, 2.45) is 5.11 Å². The number of carboxylic acid groups (broad SMARTS) is 1. The molecule has 0 aromatic carbocycles. The molecular weight excluding hydrogens is 288 g/mol. The van der Waals surface area contributed by atoms with Gasteiger partial charge in [0, 0.05) is 18.0 Å². The fourth-order valence-electron chi connectivity index (χ4n) is 2.15. The van der Waals surface area contributed by atoms with Gasteiger partial charge in [0.15, 0.2) is 8.32 Å². The number of likely N-dealkylation sites (tertiary alicyclic amines) is 1. The van der Waals surface area contributed by atoms with E-state index in [9.17, 15) is 9.90 Å². The molecule has 1 amide bonds. The van der Waals surface area contributed by atoms with E-state index in [1.165, 1.54) is 4.90 Å². The number of rotatable bonds is 3. The van der Waals surface area contributed by atoms with Crippen LogP contribution < -0.4 is 0 Å². The Morgan fingerprint density at radius 1 is 1.48 bits per heavy atom. The Morgan fingerprint density at radius 2 is 2.10 bits per heavy atom. The zero-order valence-electron chi connectivity index (χ0n) is 13.5. The summed E-state index contributed by atoms with van der Waals surface area (Å²) in [5.41, 5.74) is 8.75. The molecule has 0 aliphatic carbocycles. The Morgan fingerprint density at radius 3 is 2.57 bits per heavy atom. The van der Waals surface area contributed by atoms with Gasteiger partial charge in [0.25, 0.3) is 0 Å². The van der Waals surface area contributed by atoms with E-state index in [-0.39, 0.29) is 23.7 Å². The third kappa shape index (κ3) is 4.62. The summed E-state index contributed by atoms with van der Waals surface area (Å²) in [6.07, 6.45) is 0.0429. The molecule has 7 nitrogen and oxygen atoms in total. The van der Waals surface area contributed by atoms with E-state index < -0.39 is 14.4 Å². The summed E-state index contributed by atoms with van der Waals surface area (Å²) in [6, 6.07) is -0.298. The second kappa shape index (κ2) is 6.68. The minimum Gasteiger partial charge on any atom is -0.465 e. The van der Waals surface area contributed by atoms with E-state index in [4.69, 9.17) is 9.96 Å². The van der Waals surface area contributed by atoms with Crippen molar-refractivity contribution in [1.82, 2.24) is 4.90 Å². The first-order valence-electron chi connectivity index (χ1n) is 7.28. The lowest BCUT2D eigenvalue weighted by molar-refractivity contribution is 0.101. The van der Waals surface area contributed by atoms with Gasteiger partial charge in [0.2, 0.25) is 0 Å². The number of azide groups is 1. The third-order valence-corrected chi connectivity index (χ3v) is 8.98. The lowest BCUT2D eigenvalue weighted by Gasteiger charge is -2.41. The average Bonchev–Trinajstić information content (AvgIpc) is 2.51. The van der Waals surface area contributed by atoms with E-state index >= 15 is 0 Å². The first-order valence-corrected chi connectivity index (χ1v) is 10.2. The summed E-state index contributed by atoms with van der Waals surface area (Å²) in [5, 5.41) is 13.1. The van der Waals surface area contributed by atoms with Crippen LogP contribution in [0, 0.1) is 0 Å². The Labute approximate surface area is 127 Å². The van der Waals surface area contributed by atoms with Gasteiger partial charge in [-0.3, -0.25) is 0 Å². The monoisotopic (exact) mass is 314 g/mol. The molecule has 0 spiro atoms. The topological polar surface area (TPSA) is 98.5 Å². The molecule has 1 fully saturated rings. The van der Waals surface area contributed by atoms with Gasteiger partial charge in [0.05, 0.1) is 12.1 Å². The van der Waals surface area contributed by atoms with Crippen LogP contribution in [0.15, 0.2) is 5.11 Å². The van der Waals surface area contributed by atoms with Gasteiger partial charge in [-0.05, 0) is 36.5 Å². The highest BCUT2D eigenvalue weighted by atomic mass is 28.4. The molecule has 120 valence electrons. The van der Waals surface area contributed by atoms with Crippen molar-refractivity contribution in [3.05, 3.63) is 10.4 Å². The van der Waals surface area contributed by atoms with E-state index in [1.54, 1.807) is 0 Å². The molecule has 1 saturated heterocycles. The number of carbonyl (C=O) groups is 1. The molecule has 2 atom stereocenters. The number of hydrogen-bond donors (Lipinski definition) is 1. The highest BCUT2D eigenvalue weighted by Gasteiger charge is 2.42. The first-order chi connectivity index (χ1) is 9.58. The van der Waals surface area contributed by atoms with Crippen LogP contribution in [0.25, 0.3) is 10.4 Å². The second-order valence-corrected chi connectivity index (χ2v) is 11.8. The van der Waals surface area contributed by atoms with Crippen LogP contribution in [-0.4, -0.2) is 49.7 Å². The maximum absolute atomic E-state index is 11.3. The molecule has 0 saturated carbocycles. The van der Waals surface area contributed by atoms with Crippen molar-refractivity contribution < 1.29 is 14.3 Å². The molecule has 0 bridgehead atoms. The quantitative estimate of drug-likeness (QED) is 0.371. The van der Waals surface area contributed by atoms with Crippen molar-refractivity contribution in [3.8, 4) is 0 Å². The molecular formula is C13H26N4O3Si. The molecule has 2 unspecified atom stereocenters. The lowest BCUT2D eigenvalue weighted by atomic mass is 10.1. The third-order valence-electron chi connectivity index (χ3n) is 4.48. The van der Waals surface area contributed by atoms with Crippen LogP contribution in [0.4, 0.5) is 4.79 Å². The Kier molecular flexibility index (Phi) is 5.66. The Balaban J connectivity index is 2.98. The van der Waals surface area contributed by atoms with E-state index in [2.05, 4.69) is 43.9 Å². The molecule has 21 heavy (non-hydrogen) atoms. The summed E-state index contributed by atoms with van der Waals surface area (Å²) in [6.45, 7) is 11.4. The van der Waals surface area contributed by atoms with Crippen molar-refractivity contribution in [3.63, 3.8) is 0 Å². The van der Waals surface area contributed by atoms with Crippen LogP contribution in [0.2, 0.25) is 18.1 Å². The van der Waals surface area contributed by atoms with Crippen molar-refractivity contribution in [2.75, 3.05) is 13.1 Å².